The third-order valence-electron chi connectivity index (χ3n) is 2.01. The van der Waals surface area contributed by atoms with Gasteiger partial charge in [-0.2, -0.15) is 0 Å². The second kappa shape index (κ2) is 6.46. The van der Waals surface area contributed by atoms with E-state index >= 15 is 0 Å². The lowest BCUT2D eigenvalue weighted by Crippen LogP contribution is -2.34. The van der Waals surface area contributed by atoms with Gasteiger partial charge in [0.15, 0.2) is 0 Å². The molecule has 0 aliphatic rings. The van der Waals surface area contributed by atoms with E-state index in [0.717, 1.165) is 0 Å². The molecule has 2 amide bonds. The fourth-order valence-electron chi connectivity index (χ4n) is 0.694. The number of carbonyl (C=O) groups is 1. The maximum atomic E-state index is 11.2. The van der Waals surface area contributed by atoms with Crippen molar-refractivity contribution in [3.05, 3.63) is 11.8 Å². The van der Waals surface area contributed by atoms with Crippen LogP contribution in [-0.4, -0.2) is 12.6 Å². The van der Waals surface area contributed by atoms with Gasteiger partial charge >= 0.3 is 6.03 Å². The predicted molar refractivity (Wildman–Crippen MR) is 60.0 cm³/mol. The fraction of sp³-hybridized carbons (Fsp3) is 0.727. The molecule has 0 aromatic carbocycles. The van der Waals surface area contributed by atoms with Gasteiger partial charge in [-0.15, -0.1) is 0 Å². The molecule has 0 aromatic heterocycles. The van der Waals surface area contributed by atoms with E-state index in [4.69, 9.17) is 0 Å². The van der Waals surface area contributed by atoms with Crippen LogP contribution in [0.1, 0.15) is 34.6 Å². The second-order valence-corrected chi connectivity index (χ2v) is 4.29. The van der Waals surface area contributed by atoms with Crippen molar-refractivity contribution in [3.8, 4) is 0 Å². The average Bonchev–Trinajstić information content (AvgIpc) is 2.10. The highest BCUT2D eigenvalue weighted by Crippen LogP contribution is 2.05. The third kappa shape index (κ3) is 6.52. The lowest BCUT2D eigenvalue weighted by atomic mass is 10.1. The molecule has 0 aliphatic heterocycles. The molecule has 14 heavy (non-hydrogen) atoms. The van der Waals surface area contributed by atoms with E-state index in [1.54, 1.807) is 6.20 Å². The molecule has 0 fully saturated rings. The standard InChI is InChI=1S/C11H22N2O/c1-8(2)6-12-11(14)13-7-10(5)9(3)4/h7-9H,6H2,1-5H3,(H2,12,13,14)/b10-7+. The minimum atomic E-state index is -0.126. The molecule has 0 aliphatic carbocycles. The number of rotatable bonds is 4. The van der Waals surface area contributed by atoms with Crippen LogP contribution in [0.25, 0.3) is 0 Å². The van der Waals surface area contributed by atoms with E-state index in [0.29, 0.717) is 18.4 Å². The van der Waals surface area contributed by atoms with E-state index < -0.39 is 0 Å². The molecular weight excluding hydrogens is 176 g/mol. The molecule has 0 heterocycles. The summed E-state index contributed by atoms with van der Waals surface area (Å²) in [4.78, 5) is 11.2. The first kappa shape index (κ1) is 13.0. The molecule has 0 rings (SSSR count). The average molecular weight is 198 g/mol. The van der Waals surface area contributed by atoms with Crippen molar-refractivity contribution in [3.63, 3.8) is 0 Å². The van der Waals surface area contributed by atoms with Crippen LogP contribution in [0, 0.1) is 11.8 Å². The van der Waals surface area contributed by atoms with Crippen molar-refractivity contribution in [2.75, 3.05) is 6.54 Å². The van der Waals surface area contributed by atoms with Crippen molar-refractivity contribution >= 4 is 6.03 Å². The Morgan fingerprint density at radius 1 is 1.29 bits per heavy atom. The molecule has 0 saturated carbocycles. The van der Waals surface area contributed by atoms with Crippen LogP contribution >= 0.6 is 0 Å². The number of nitrogens with one attached hydrogen (secondary N) is 2. The van der Waals surface area contributed by atoms with Crippen molar-refractivity contribution in [2.45, 2.75) is 34.6 Å². The number of hydrogen-bond acceptors (Lipinski definition) is 1. The summed E-state index contributed by atoms with van der Waals surface area (Å²) in [5.74, 6) is 0.955. The normalized spacial score (nSPS) is 12.1. The number of amides is 2. The van der Waals surface area contributed by atoms with Crippen LogP contribution in [0.15, 0.2) is 11.8 Å². The van der Waals surface area contributed by atoms with Crippen LogP contribution < -0.4 is 10.6 Å². The third-order valence-corrected chi connectivity index (χ3v) is 2.01. The Balaban J connectivity index is 3.79. The number of carbonyl (C=O) groups excluding carboxylic acids is 1. The fourth-order valence-corrected chi connectivity index (χ4v) is 0.694. The maximum Gasteiger partial charge on any atom is 0.318 e. The Morgan fingerprint density at radius 3 is 2.29 bits per heavy atom. The molecule has 82 valence electrons. The summed E-state index contributed by atoms with van der Waals surface area (Å²) in [6.07, 6.45) is 1.76. The van der Waals surface area contributed by atoms with Crippen molar-refractivity contribution in [2.24, 2.45) is 11.8 Å². The van der Waals surface area contributed by atoms with Gasteiger partial charge in [-0.1, -0.05) is 33.3 Å². The first-order valence-electron chi connectivity index (χ1n) is 5.14. The maximum absolute atomic E-state index is 11.2. The van der Waals surface area contributed by atoms with Crippen LogP contribution in [0.4, 0.5) is 4.79 Å². The highest BCUT2D eigenvalue weighted by atomic mass is 16.2. The van der Waals surface area contributed by atoms with Gasteiger partial charge in [0.25, 0.3) is 0 Å². The largest absolute Gasteiger partial charge is 0.338 e. The lowest BCUT2D eigenvalue weighted by Gasteiger charge is -2.08. The quantitative estimate of drug-likeness (QED) is 0.716. The summed E-state index contributed by atoms with van der Waals surface area (Å²) < 4.78 is 0. The summed E-state index contributed by atoms with van der Waals surface area (Å²) in [6, 6.07) is -0.126. The summed E-state index contributed by atoms with van der Waals surface area (Å²) in [5.41, 5.74) is 1.17. The van der Waals surface area contributed by atoms with Crippen molar-refractivity contribution in [1.82, 2.24) is 10.6 Å². The van der Waals surface area contributed by atoms with Crippen LogP contribution in [0.2, 0.25) is 0 Å². The van der Waals surface area contributed by atoms with Gasteiger partial charge in [-0.3, -0.25) is 0 Å². The topological polar surface area (TPSA) is 41.1 Å². The Labute approximate surface area is 87.0 Å². The first-order chi connectivity index (χ1) is 6.43. The molecule has 0 saturated heterocycles. The minimum absolute atomic E-state index is 0.126. The zero-order valence-corrected chi connectivity index (χ0v) is 9.85. The summed E-state index contributed by atoms with van der Waals surface area (Å²) in [6.45, 7) is 11.0. The molecule has 3 heteroatoms. The van der Waals surface area contributed by atoms with Gasteiger partial charge in [-0.05, 0) is 18.8 Å². The van der Waals surface area contributed by atoms with Crippen LogP contribution in [-0.2, 0) is 0 Å². The molecule has 3 nitrogen and oxygen atoms in total. The molecular formula is C11H22N2O. The smallest absolute Gasteiger partial charge is 0.318 e. The molecule has 0 aromatic rings. The number of urea groups is 1. The molecule has 0 unspecified atom stereocenters. The monoisotopic (exact) mass is 198 g/mol. The number of allylic oxidation sites excluding steroid dienone is 1. The van der Waals surface area contributed by atoms with Gasteiger partial charge in [-0.25, -0.2) is 4.79 Å². The first-order valence-corrected chi connectivity index (χ1v) is 5.14. The van der Waals surface area contributed by atoms with E-state index in [1.807, 2.05) is 6.92 Å². The molecule has 0 spiro atoms. The summed E-state index contributed by atoms with van der Waals surface area (Å²) in [7, 11) is 0. The van der Waals surface area contributed by atoms with Crippen LogP contribution in [0.5, 0.6) is 0 Å². The van der Waals surface area contributed by atoms with E-state index in [1.165, 1.54) is 5.57 Å². The highest BCUT2D eigenvalue weighted by Gasteiger charge is 2.00. The van der Waals surface area contributed by atoms with Gasteiger partial charge in [0, 0.05) is 12.7 Å². The zero-order chi connectivity index (χ0) is 11.1. The predicted octanol–water partition coefficient (Wildman–Crippen LogP) is 2.50. The SMILES string of the molecule is C/C(=C\NC(=O)NCC(C)C)C(C)C. The Hall–Kier alpha value is -0.990. The molecule has 2 N–H and O–H groups in total. The van der Waals surface area contributed by atoms with Crippen molar-refractivity contribution in [1.29, 1.82) is 0 Å². The van der Waals surface area contributed by atoms with Gasteiger partial charge in [0.2, 0.25) is 0 Å². The van der Waals surface area contributed by atoms with Crippen LogP contribution in [0.3, 0.4) is 0 Å². The number of hydrogen-bond donors (Lipinski definition) is 2. The van der Waals surface area contributed by atoms with Gasteiger partial charge < -0.3 is 10.6 Å². The molecule has 0 radical (unpaired) electrons. The van der Waals surface area contributed by atoms with E-state index in [9.17, 15) is 4.79 Å². The highest BCUT2D eigenvalue weighted by molar-refractivity contribution is 5.74. The van der Waals surface area contributed by atoms with E-state index in [-0.39, 0.29) is 6.03 Å². The Kier molecular flexibility index (Phi) is 6.00. The summed E-state index contributed by atoms with van der Waals surface area (Å²) >= 11 is 0. The van der Waals surface area contributed by atoms with E-state index in [2.05, 4.69) is 38.3 Å². The van der Waals surface area contributed by atoms with Crippen molar-refractivity contribution < 1.29 is 4.79 Å². The minimum Gasteiger partial charge on any atom is -0.338 e. The zero-order valence-electron chi connectivity index (χ0n) is 9.85. The van der Waals surface area contributed by atoms with Gasteiger partial charge in [0.1, 0.15) is 0 Å². The molecule has 0 atom stereocenters. The Bertz CT molecular complexity index is 207. The second-order valence-electron chi connectivity index (χ2n) is 4.29. The summed E-state index contributed by atoms with van der Waals surface area (Å²) in [5, 5.41) is 5.49. The molecule has 0 bridgehead atoms. The lowest BCUT2D eigenvalue weighted by molar-refractivity contribution is 0.242. The Morgan fingerprint density at radius 2 is 1.86 bits per heavy atom. The van der Waals surface area contributed by atoms with Gasteiger partial charge in [0.05, 0.1) is 0 Å².